The summed E-state index contributed by atoms with van der Waals surface area (Å²) in [5, 5.41) is 2.78. The molecule has 0 bridgehead atoms. The molecule has 0 spiro atoms. The molecule has 0 saturated carbocycles. The molecule has 3 aromatic rings. The molecule has 0 aromatic heterocycles. The second-order valence-electron chi connectivity index (χ2n) is 9.76. The van der Waals surface area contributed by atoms with E-state index in [4.69, 9.17) is 14.2 Å². The van der Waals surface area contributed by atoms with Crippen LogP contribution in [0.25, 0.3) is 0 Å². The van der Waals surface area contributed by atoms with Crippen LogP contribution in [0.2, 0.25) is 0 Å². The fourth-order valence-corrected chi connectivity index (χ4v) is 6.27. The Bertz CT molecular complexity index is 1480. The van der Waals surface area contributed by atoms with Gasteiger partial charge in [0.2, 0.25) is 5.91 Å². The number of sulfonamides is 1. The van der Waals surface area contributed by atoms with E-state index < -0.39 is 22.5 Å². The van der Waals surface area contributed by atoms with Crippen LogP contribution in [-0.2, 0) is 14.8 Å². The number of methoxy groups -OCH3 is 2. The van der Waals surface area contributed by atoms with Crippen molar-refractivity contribution < 1.29 is 32.2 Å². The third-order valence-electron chi connectivity index (χ3n) is 6.99. The summed E-state index contributed by atoms with van der Waals surface area (Å²) in [5.74, 6) is 0.399. The van der Waals surface area contributed by atoms with Crippen LogP contribution in [0.1, 0.15) is 43.0 Å². The standard InChI is InChI=1S/C31H37N3O7S/c1-4-41-24-15-13-23(14-16-24)34(42(37,38)25-17-18-28(39-2)29(21-25)40-3)22-30(35)32-27-12-8-7-11-26(27)31(36)33-19-9-5-6-10-20-33/h7-8,11-18,21H,4-6,9-10,19-20,22H2,1-3H3,(H,32,35). The highest BCUT2D eigenvalue weighted by Crippen LogP contribution is 2.33. The molecule has 0 unspecified atom stereocenters. The maximum Gasteiger partial charge on any atom is 0.264 e. The lowest BCUT2D eigenvalue weighted by atomic mass is 10.1. The van der Waals surface area contributed by atoms with Gasteiger partial charge in [-0.25, -0.2) is 8.42 Å². The molecule has 1 aliphatic rings. The Kier molecular flexibility index (Phi) is 10.3. The van der Waals surface area contributed by atoms with Gasteiger partial charge in [-0.1, -0.05) is 25.0 Å². The average molecular weight is 596 g/mol. The molecular formula is C31H37N3O7S. The summed E-state index contributed by atoms with van der Waals surface area (Å²) in [4.78, 5) is 28.6. The van der Waals surface area contributed by atoms with Crippen LogP contribution in [0.5, 0.6) is 17.2 Å². The van der Waals surface area contributed by atoms with E-state index in [9.17, 15) is 18.0 Å². The molecule has 4 rings (SSSR count). The molecule has 10 nitrogen and oxygen atoms in total. The molecule has 11 heteroatoms. The van der Waals surface area contributed by atoms with Crippen molar-refractivity contribution in [3.05, 3.63) is 72.3 Å². The first-order valence-electron chi connectivity index (χ1n) is 13.9. The van der Waals surface area contributed by atoms with Crippen LogP contribution < -0.4 is 23.8 Å². The smallest absolute Gasteiger partial charge is 0.264 e. The lowest BCUT2D eigenvalue weighted by molar-refractivity contribution is -0.114. The van der Waals surface area contributed by atoms with Gasteiger partial charge in [-0.15, -0.1) is 0 Å². The predicted molar refractivity (Wildman–Crippen MR) is 161 cm³/mol. The van der Waals surface area contributed by atoms with Crippen molar-refractivity contribution in [2.45, 2.75) is 37.5 Å². The Balaban J connectivity index is 1.65. The number of ether oxygens (including phenoxy) is 3. The Hall–Kier alpha value is -4.25. The van der Waals surface area contributed by atoms with Crippen molar-refractivity contribution >= 4 is 33.2 Å². The molecule has 224 valence electrons. The molecule has 0 radical (unpaired) electrons. The van der Waals surface area contributed by atoms with Crippen molar-refractivity contribution in [1.82, 2.24) is 4.90 Å². The van der Waals surface area contributed by atoms with Crippen LogP contribution in [0.15, 0.2) is 71.6 Å². The lowest BCUT2D eigenvalue weighted by Gasteiger charge is -2.25. The summed E-state index contributed by atoms with van der Waals surface area (Å²) >= 11 is 0. The number of likely N-dealkylation sites (tertiary alicyclic amines) is 1. The highest BCUT2D eigenvalue weighted by molar-refractivity contribution is 7.92. The molecule has 2 amide bonds. The van der Waals surface area contributed by atoms with Crippen molar-refractivity contribution in [1.29, 1.82) is 0 Å². The number of hydrogen-bond acceptors (Lipinski definition) is 7. The van der Waals surface area contributed by atoms with E-state index in [1.54, 1.807) is 48.5 Å². The summed E-state index contributed by atoms with van der Waals surface area (Å²) in [7, 11) is -1.38. The zero-order chi connectivity index (χ0) is 30.1. The summed E-state index contributed by atoms with van der Waals surface area (Å²) in [6.07, 6.45) is 4.03. The first-order chi connectivity index (χ1) is 20.3. The van der Waals surface area contributed by atoms with Gasteiger partial charge in [0, 0.05) is 19.2 Å². The largest absolute Gasteiger partial charge is 0.494 e. The first kappa shape index (κ1) is 30.7. The third kappa shape index (κ3) is 7.14. The Morgan fingerprint density at radius 2 is 1.55 bits per heavy atom. The minimum atomic E-state index is -4.25. The highest BCUT2D eigenvalue weighted by atomic mass is 32.2. The Morgan fingerprint density at radius 3 is 2.19 bits per heavy atom. The van der Waals surface area contributed by atoms with Crippen LogP contribution in [0, 0.1) is 0 Å². The van der Waals surface area contributed by atoms with Crippen molar-refractivity contribution in [2.75, 3.05) is 50.1 Å². The molecular weight excluding hydrogens is 558 g/mol. The van der Waals surface area contributed by atoms with Gasteiger partial charge in [0.05, 0.1) is 42.7 Å². The zero-order valence-corrected chi connectivity index (χ0v) is 25.0. The van der Waals surface area contributed by atoms with Crippen molar-refractivity contribution in [2.24, 2.45) is 0 Å². The normalized spacial score (nSPS) is 13.5. The second kappa shape index (κ2) is 14.1. The number of carbonyl (C=O) groups is 2. The lowest BCUT2D eigenvalue weighted by Crippen LogP contribution is -2.38. The van der Waals surface area contributed by atoms with Gasteiger partial charge in [-0.05, 0) is 68.3 Å². The summed E-state index contributed by atoms with van der Waals surface area (Å²) in [6.45, 7) is 3.08. The molecule has 1 heterocycles. The van der Waals surface area contributed by atoms with Gasteiger partial charge in [0.15, 0.2) is 11.5 Å². The molecule has 1 N–H and O–H groups in total. The number of hydrogen-bond donors (Lipinski definition) is 1. The van der Waals surface area contributed by atoms with E-state index in [1.807, 2.05) is 11.8 Å². The summed E-state index contributed by atoms with van der Waals surface area (Å²) in [6, 6.07) is 17.5. The number of nitrogens with one attached hydrogen (secondary N) is 1. The average Bonchev–Trinajstić information content (AvgIpc) is 3.30. The van der Waals surface area contributed by atoms with E-state index in [0.717, 1.165) is 30.0 Å². The number of benzene rings is 3. The topological polar surface area (TPSA) is 114 Å². The molecule has 1 aliphatic heterocycles. The van der Waals surface area contributed by atoms with Crippen molar-refractivity contribution in [3.8, 4) is 17.2 Å². The minimum Gasteiger partial charge on any atom is -0.494 e. The molecule has 1 saturated heterocycles. The van der Waals surface area contributed by atoms with Crippen molar-refractivity contribution in [3.63, 3.8) is 0 Å². The number of para-hydroxylation sites is 1. The fourth-order valence-electron chi connectivity index (χ4n) is 4.84. The van der Waals surface area contributed by atoms with Crippen LogP contribution in [0.4, 0.5) is 11.4 Å². The van der Waals surface area contributed by atoms with E-state index in [0.29, 0.717) is 42.4 Å². The van der Waals surface area contributed by atoms with Gasteiger partial charge in [0.25, 0.3) is 15.9 Å². The van der Waals surface area contributed by atoms with Gasteiger partial charge in [-0.2, -0.15) is 0 Å². The Labute approximate surface area is 247 Å². The van der Waals surface area contributed by atoms with E-state index in [2.05, 4.69) is 5.32 Å². The number of nitrogens with zero attached hydrogens (tertiary/aromatic N) is 2. The van der Waals surface area contributed by atoms with Crippen LogP contribution in [0.3, 0.4) is 0 Å². The Morgan fingerprint density at radius 1 is 0.881 bits per heavy atom. The van der Waals surface area contributed by atoms with Crippen LogP contribution in [-0.4, -0.2) is 65.6 Å². The van der Waals surface area contributed by atoms with Gasteiger partial charge in [-0.3, -0.25) is 13.9 Å². The number of amides is 2. The first-order valence-corrected chi connectivity index (χ1v) is 15.4. The second-order valence-corrected chi connectivity index (χ2v) is 11.6. The predicted octanol–water partition coefficient (Wildman–Crippen LogP) is 4.95. The maximum atomic E-state index is 14.0. The van der Waals surface area contributed by atoms with Gasteiger partial charge >= 0.3 is 0 Å². The third-order valence-corrected chi connectivity index (χ3v) is 8.76. The SMILES string of the molecule is CCOc1ccc(N(CC(=O)Nc2ccccc2C(=O)N2CCCCCC2)S(=O)(=O)c2ccc(OC)c(OC)c2)cc1. The number of carbonyl (C=O) groups excluding carboxylic acids is 2. The van der Waals surface area contributed by atoms with E-state index >= 15 is 0 Å². The van der Waals surface area contributed by atoms with Crippen LogP contribution >= 0.6 is 0 Å². The molecule has 3 aromatic carbocycles. The fraction of sp³-hybridized carbons (Fsp3) is 0.355. The number of rotatable bonds is 11. The molecule has 1 fully saturated rings. The summed E-state index contributed by atoms with van der Waals surface area (Å²) < 4.78 is 45.0. The quantitative estimate of drug-likeness (QED) is 0.334. The maximum absolute atomic E-state index is 14.0. The molecule has 0 atom stereocenters. The molecule has 0 aliphatic carbocycles. The van der Waals surface area contributed by atoms with E-state index in [-0.39, 0.29) is 22.2 Å². The minimum absolute atomic E-state index is 0.0847. The highest BCUT2D eigenvalue weighted by Gasteiger charge is 2.29. The molecule has 42 heavy (non-hydrogen) atoms. The summed E-state index contributed by atoms with van der Waals surface area (Å²) in [5.41, 5.74) is 0.951. The number of anilines is 2. The monoisotopic (exact) mass is 595 g/mol. The zero-order valence-electron chi connectivity index (χ0n) is 24.2. The van der Waals surface area contributed by atoms with E-state index in [1.165, 1.54) is 32.4 Å². The van der Waals surface area contributed by atoms with Gasteiger partial charge < -0.3 is 24.4 Å². The van der Waals surface area contributed by atoms with Gasteiger partial charge in [0.1, 0.15) is 12.3 Å².